The maximum atomic E-state index is 10.3. The van der Waals surface area contributed by atoms with E-state index in [0.29, 0.717) is 35.3 Å². The summed E-state index contributed by atoms with van der Waals surface area (Å²) in [5.41, 5.74) is 3.16. The highest BCUT2D eigenvalue weighted by Gasteiger charge is 2.26. The lowest BCUT2D eigenvalue weighted by molar-refractivity contribution is 0.148. The topological polar surface area (TPSA) is 63.5 Å². The van der Waals surface area contributed by atoms with Gasteiger partial charge >= 0.3 is 0 Å². The van der Waals surface area contributed by atoms with E-state index in [2.05, 4.69) is 15.0 Å². The molecule has 2 aromatic carbocycles. The summed E-state index contributed by atoms with van der Waals surface area (Å²) in [6.07, 6.45) is 0.511. The van der Waals surface area contributed by atoms with Crippen LogP contribution in [0.3, 0.4) is 0 Å². The molecule has 0 aliphatic carbocycles. The largest absolute Gasteiger partial charge is 0.420 e. The van der Waals surface area contributed by atoms with Crippen LogP contribution in [0.1, 0.15) is 36.8 Å². The summed E-state index contributed by atoms with van der Waals surface area (Å²) in [6.45, 7) is 10.9. The van der Waals surface area contributed by atoms with Crippen molar-refractivity contribution >= 4 is 17.3 Å². The summed E-state index contributed by atoms with van der Waals surface area (Å²) in [7, 11) is 0. The van der Waals surface area contributed by atoms with E-state index in [9.17, 15) is 5.11 Å². The highest BCUT2D eigenvalue weighted by atomic mass is 35.5. The maximum absolute atomic E-state index is 10.3. The quantitative estimate of drug-likeness (QED) is 0.595. The van der Waals surface area contributed by atoms with E-state index in [4.69, 9.17) is 22.6 Å². The number of aromatic nitrogens is 2. The molecule has 0 saturated heterocycles. The van der Waals surface area contributed by atoms with Crippen LogP contribution in [0.2, 0.25) is 5.02 Å². The van der Waals surface area contributed by atoms with Crippen molar-refractivity contribution in [1.29, 1.82) is 0 Å². The van der Waals surface area contributed by atoms with Gasteiger partial charge in [-0.15, -0.1) is 10.2 Å². The Morgan fingerprint density at radius 1 is 1.19 bits per heavy atom. The van der Waals surface area contributed by atoms with E-state index in [1.54, 1.807) is 13.0 Å². The molecule has 0 saturated carbocycles. The molecule has 0 fully saturated rings. The number of halogens is 1. The third-order valence-electron chi connectivity index (χ3n) is 4.59. The van der Waals surface area contributed by atoms with Crippen molar-refractivity contribution in [2.24, 2.45) is 0 Å². The van der Waals surface area contributed by atoms with Gasteiger partial charge in [0.1, 0.15) is 0 Å². The van der Waals surface area contributed by atoms with Crippen molar-refractivity contribution in [2.75, 3.05) is 0 Å². The molecule has 0 unspecified atom stereocenters. The standard InChI is InChI=1S/C21H20ClN3O2/c1-4-16-15(10-11-18(23-3)19(16)22)12-17(13(2)26)21-25-24-20(27-21)14-8-6-5-7-9-14/h5-11,13,17,26H,4,12H2,1-2H3/t13-,17+/m0/s1. The summed E-state index contributed by atoms with van der Waals surface area (Å²) < 4.78 is 5.85. The summed E-state index contributed by atoms with van der Waals surface area (Å²) in [6, 6.07) is 13.1. The normalized spacial score (nSPS) is 13.1. The lowest BCUT2D eigenvalue weighted by Gasteiger charge is -2.19. The molecule has 1 aromatic heterocycles. The molecular formula is C21H20ClN3O2. The van der Waals surface area contributed by atoms with E-state index in [0.717, 1.165) is 16.7 Å². The molecule has 0 bridgehead atoms. The second-order valence-electron chi connectivity index (χ2n) is 6.36. The van der Waals surface area contributed by atoms with Gasteiger partial charge in [-0.25, -0.2) is 4.85 Å². The molecule has 138 valence electrons. The smallest absolute Gasteiger partial charge is 0.247 e. The molecule has 2 atom stereocenters. The lowest BCUT2D eigenvalue weighted by atomic mass is 9.91. The third kappa shape index (κ3) is 4.02. The van der Waals surface area contributed by atoms with Gasteiger partial charge in [0.2, 0.25) is 17.5 Å². The number of aliphatic hydroxyl groups excluding tert-OH is 1. The van der Waals surface area contributed by atoms with Crippen LogP contribution in [0.5, 0.6) is 0 Å². The Labute approximate surface area is 163 Å². The fraction of sp³-hybridized carbons (Fsp3) is 0.286. The van der Waals surface area contributed by atoms with Gasteiger partial charge in [-0.1, -0.05) is 48.9 Å². The molecule has 1 heterocycles. The molecule has 3 aromatic rings. The number of rotatable bonds is 6. The van der Waals surface area contributed by atoms with E-state index in [1.807, 2.05) is 43.3 Å². The van der Waals surface area contributed by atoms with Crippen molar-refractivity contribution in [2.45, 2.75) is 38.7 Å². The summed E-state index contributed by atoms with van der Waals surface area (Å²) in [5, 5.41) is 19.1. The zero-order valence-corrected chi connectivity index (χ0v) is 15.9. The van der Waals surface area contributed by atoms with Gasteiger partial charge in [0.25, 0.3) is 0 Å². The van der Waals surface area contributed by atoms with Gasteiger partial charge in [-0.2, -0.15) is 0 Å². The van der Waals surface area contributed by atoms with Crippen molar-refractivity contribution < 1.29 is 9.52 Å². The van der Waals surface area contributed by atoms with Crippen molar-refractivity contribution in [3.05, 3.63) is 75.9 Å². The highest BCUT2D eigenvalue weighted by molar-refractivity contribution is 6.34. The third-order valence-corrected chi connectivity index (χ3v) is 5.02. The minimum absolute atomic E-state index is 0.366. The first kappa shape index (κ1) is 19.1. The van der Waals surface area contributed by atoms with Crippen molar-refractivity contribution in [3.8, 4) is 11.5 Å². The van der Waals surface area contributed by atoms with Crippen LogP contribution in [0.4, 0.5) is 5.69 Å². The first-order chi connectivity index (χ1) is 13.0. The summed E-state index contributed by atoms with van der Waals surface area (Å²) in [5.74, 6) is 0.444. The lowest BCUT2D eigenvalue weighted by Crippen LogP contribution is -2.18. The molecule has 3 rings (SSSR count). The molecule has 0 amide bonds. The van der Waals surface area contributed by atoms with Gasteiger partial charge in [0.15, 0.2) is 0 Å². The van der Waals surface area contributed by atoms with Gasteiger partial charge in [0, 0.05) is 5.56 Å². The van der Waals surface area contributed by atoms with E-state index in [1.165, 1.54) is 0 Å². The Balaban J connectivity index is 1.93. The molecule has 0 aliphatic heterocycles. The van der Waals surface area contributed by atoms with Crippen molar-refractivity contribution in [1.82, 2.24) is 10.2 Å². The molecule has 0 radical (unpaired) electrons. The Morgan fingerprint density at radius 2 is 1.93 bits per heavy atom. The molecule has 6 heteroatoms. The Morgan fingerprint density at radius 3 is 2.56 bits per heavy atom. The highest BCUT2D eigenvalue weighted by Crippen LogP contribution is 2.35. The van der Waals surface area contributed by atoms with Crippen molar-refractivity contribution in [3.63, 3.8) is 0 Å². The summed E-state index contributed by atoms with van der Waals surface area (Å²) in [4.78, 5) is 3.46. The van der Waals surface area contributed by atoms with E-state index < -0.39 is 6.10 Å². The van der Waals surface area contributed by atoms with Crippen LogP contribution in [-0.4, -0.2) is 21.4 Å². The van der Waals surface area contributed by atoms with Gasteiger partial charge in [-0.3, -0.25) is 0 Å². The fourth-order valence-electron chi connectivity index (χ4n) is 3.09. The van der Waals surface area contributed by atoms with Crippen LogP contribution in [0.25, 0.3) is 16.3 Å². The van der Waals surface area contributed by atoms with E-state index >= 15 is 0 Å². The average Bonchev–Trinajstić information content (AvgIpc) is 3.16. The zero-order chi connectivity index (χ0) is 19.4. The number of aliphatic hydroxyl groups is 1. The average molecular weight is 382 g/mol. The molecule has 1 N–H and O–H groups in total. The van der Waals surface area contributed by atoms with Crippen LogP contribution in [-0.2, 0) is 12.8 Å². The maximum Gasteiger partial charge on any atom is 0.247 e. The Hall–Kier alpha value is -2.68. The zero-order valence-electron chi connectivity index (χ0n) is 15.2. The second kappa shape index (κ2) is 8.34. The first-order valence-electron chi connectivity index (χ1n) is 8.79. The number of hydrogen-bond donors (Lipinski definition) is 1. The molecular weight excluding hydrogens is 362 g/mol. The van der Waals surface area contributed by atoms with Gasteiger partial charge < -0.3 is 9.52 Å². The fourth-order valence-corrected chi connectivity index (χ4v) is 3.45. The van der Waals surface area contributed by atoms with Crippen LogP contribution < -0.4 is 0 Å². The van der Waals surface area contributed by atoms with Gasteiger partial charge in [0.05, 0.1) is 23.6 Å². The van der Waals surface area contributed by atoms with Gasteiger partial charge in [-0.05, 0) is 43.0 Å². The number of hydrogen-bond acceptors (Lipinski definition) is 4. The Bertz CT molecular complexity index is 961. The second-order valence-corrected chi connectivity index (χ2v) is 6.74. The number of nitrogens with zero attached hydrogens (tertiary/aromatic N) is 3. The van der Waals surface area contributed by atoms with Crippen LogP contribution in [0.15, 0.2) is 46.9 Å². The minimum atomic E-state index is -0.682. The predicted octanol–water partition coefficient (Wildman–Crippen LogP) is 5.21. The molecule has 0 aliphatic rings. The molecule has 27 heavy (non-hydrogen) atoms. The summed E-state index contributed by atoms with van der Waals surface area (Å²) >= 11 is 6.38. The Kier molecular flexibility index (Phi) is 5.90. The minimum Gasteiger partial charge on any atom is -0.420 e. The monoisotopic (exact) mass is 381 g/mol. The molecule has 0 spiro atoms. The van der Waals surface area contributed by atoms with E-state index in [-0.39, 0.29) is 5.92 Å². The predicted molar refractivity (Wildman–Crippen MR) is 105 cm³/mol. The van der Waals surface area contributed by atoms with Crippen LogP contribution >= 0.6 is 11.6 Å². The SMILES string of the molecule is [C-]#[N+]c1ccc(C[C@@H](c2nnc(-c3ccccc3)o2)[C@H](C)O)c(CC)c1Cl. The van der Waals surface area contributed by atoms with Crippen LogP contribution in [0, 0.1) is 6.57 Å². The number of benzene rings is 2. The molecule has 5 nitrogen and oxygen atoms in total. The first-order valence-corrected chi connectivity index (χ1v) is 9.17.